The van der Waals surface area contributed by atoms with Crippen LogP contribution in [-0.4, -0.2) is 38.6 Å². The SMILES string of the molecule is O=C(Nc1nccs1)[C@@H](Cc1ccccc1)NS(=O)(=O)c1ccc2c(c1)OCCO2. The number of fused-ring (bicyclic) bond motifs is 1. The van der Waals surface area contributed by atoms with E-state index in [2.05, 4.69) is 15.0 Å². The van der Waals surface area contributed by atoms with Gasteiger partial charge in [-0.1, -0.05) is 30.3 Å². The Bertz CT molecular complexity index is 1120. The lowest BCUT2D eigenvalue weighted by Crippen LogP contribution is -2.45. The van der Waals surface area contributed by atoms with Crippen LogP contribution in [0.15, 0.2) is 65.0 Å². The van der Waals surface area contributed by atoms with Crippen LogP contribution in [0.2, 0.25) is 0 Å². The number of aromatic nitrogens is 1. The minimum absolute atomic E-state index is 0.00754. The number of hydrogen-bond donors (Lipinski definition) is 2. The number of benzene rings is 2. The third kappa shape index (κ3) is 4.78. The Hall–Kier alpha value is -2.95. The highest BCUT2D eigenvalue weighted by Gasteiger charge is 2.28. The number of carbonyl (C=O) groups excluding carboxylic acids is 1. The molecule has 0 aliphatic carbocycles. The Morgan fingerprint density at radius 2 is 1.87 bits per heavy atom. The lowest BCUT2D eigenvalue weighted by molar-refractivity contribution is -0.117. The van der Waals surface area contributed by atoms with Crippen LogP contribution in [0.1, 0.15) is 5.56 Å². The number of anilines is 1. The lowest BCUT2D eigenvalue weighted by atomic mass is 10.1. The van der Waals surface area contributed by atoms with Crippen LogP contribution in [-0.2, 0) is 21.2 Å². The van der Waals surface area contributed by atoms with Crippen molar-refractivity contribution < 1.29 is 22.7 Å². The first-order valence-corrected chi connectivity index (χ1v) is 11.5. The maximum atomic E-state index is 13.0. The van der Waals surface area contributed by atoms with Crippen molar-refractivity contribution in [3.05, 3.63) is 65.7 Å². The average Bonchev–Trinajstić information content (AvgIpc) is 3.26. The lowest BCUT2D eigenvalue weighted by Gasteiger charge is -2.21. The van der Waals surface area contributed by atoms with Crippen LogP contribution >= 0.6 is 11.3 Å². The molecule has 10 heteroatoms. The first-order chi connectivity index (χ1) is 14.5. The fourth-order valence-corrected chi connectivity index (χ4v) is 4.70. The van der Waals surface area contributed by atoms with Crippen molar-refractivity contribution in [1.82, 2.24) is 9.71 Å². The highest BCUT2D eigenvalue weighted by atomic mass is 32.2. The highest BCUT2D eigenvalue weighted by molar-refractivity contribution is 7.89. The van der Waals surface area contributed by atoms with Crippen LogP contribution in [0.5, 0.6) is 11.5 Å². The van der Waals surface area contributed by atoms with Crippen molar-refractivity contribution in [2.45, 2.75) is 17.4 Å². The van der Waals surface area contributed by atoms with E-state index in [1.165, 1.54) is 23.5 Å². The quantitative estimate of drug-likeness (QED) is 0.579. The summed E-state index contributed by atoms with van der Waals surface area (Å²) in [6.45, 7) is 0.754. The standard InChI is InChI=1S/C20H19N3O5S2/c24-19(22-20-21-8-11-29-20)16(12-14-4-2-1-3-5-14)23-30(25,26)15-6-7-17-18(13-15)28-10-9-27-17/h1-8,11,13,16,23H,9-10,12H2,(H,21,22,24)/t16-/m1/s1. The van der Waals surface area contributed by atoms with Crippen LogP contribution < -0.4 is 19.5 Å². The summed E-state index contributed by atoms with van der Waals surface area (Å²) in [6.07, 6.45) is 1.74. The Kier molecular flexibility index (Phi) is 5.98. The number of rotatable bonds is 7. The molecular weight excluding hydrogens is 426 g/mol. The van der Waals surface area contributed by atoms with Crippen molar-refractivity contribution in [1.29, 1.82) is 0 Å². The molecule has 30 heavy (non-hydrogen) atoms. The summed E-state index contributed by atoms with van der Waals surface area (Å²) < 4.78 is 39.5. The molecule has 2 aromatic carbocycles. The molecule has 0 fully saturated rings. The van der Waals surface area contributed by atoms with Gasteiger partial charge in [0, 0.05) is 17.6 Å². The largest absolute Gasteiger partial charge is 0.486 e. The molecule has 156 valence electrons. The molecule has 0 unspecified atom stereocenters. The van der Waals surface area contributed by atoms with E-state index in [9.17, 15) is 13.2 Å². The fourth-order valence-electron chi connectivity index (χ4n) is 2.96. The smallest absolute Gasteiger partial charge is 0.244 e. The van der Waals surface area contributed by atoms with Crippen molar-refractivity contribution in [2.75, 3.05) is 18.5 Å². The second kappa shape index (κ2) is 8.82. The number of carbonyl (C=O) groups is 1. The van der Waals surface area contributed by atoms with Gasteiger partial charge in [0.2, 0.25) is 15.9 Å². The Morgan fingerprint density at radius 3 is 2.60 bits per heavy atom. The third-order valence-corrected chi connectivity index (χ3v) is 6.54. The predicted molar refractivity (Wildman–Crippen MR) is 112 cm³/mol. The van der Waals surface area contributed by atoms with E-state index in [0.29, 0.717) is 29.8 Å². The zero-order valence-electron chi connectivity index (χ0n) is 15.8. The molecule has 4 rings (SSSR count). The van der Waals surface area contributed by atoms with E-state index < -0.39 is 22.0 Å². The summed E-state index contributed by atoms with van der Waals surface area (Å²) in [5.74, 6) is 0.355. The Labute approximate surface area is 177 Å². The predicted octanol–water partition coefficient (Wildman–Crippen LogP) is 2.44. The number of amides is 1. The summed E-state index contributed by atoms with van der Waals surface area (Å²) in [6, 6.07) is 12.5. The molecular formula is C20H19N3O5S2. The second-order valence-corrected chi connectivity index (χ2v) is 9.10. The van der Waals surface area contributed by atoms with Crippen molar-refractivity contribution in [3.63, 3.8) is 0 Å². The molecule has 2 heterocycles. The van der Waals surface area contributed by atoms with E-state index in [-0.39, 0.29) is 11.3 Å². The summed E-state index contributed by atoms with van der Waals surface area (Å²) in [5.41, 5.74) is 0.821. The van der Waals surface area contributed by atoms with E-state index in [4.69, 9.17) is 9.47 Å². The fraction of sp³-hybridized carbons (Fsp3) is 0.200. The maximum absolute atomic E-state index is 13.0. The minimum atomic E-state index is -4.00. The number of nitrogens with zero attached hydrogens (tertiary/aromatic N) is 1. The van der Waals surface area contributed by atoms with Gasteiger partial charge in [-0.2, -0.15) is 4.72 Å². The number of hydrogen-bond acceptors (Lipinski definition) is 7. The maximum Gasteiger partial charge on any atom is 0.244 e. The minimum Gasteiger partial charge on any atom is -0.486 e. The molecule has 0 radical (unpaired) electrons. The van der Waals surface area contributed by atoms with Gasteiger partial charge in [0.1, 0.15) is 19.3 Å². The van der Waals surface area contributed by atoms with Crippen LogP contribution in [0.4, 0.5) is 5.13 Å². The van der Waals surface area contributed by atoms with Crippen LogP contribution in [0.3, 0.4) is 0 Å². The van der Waals surface area contributed by atoms with Gasteiger partial charge in [0.05, 0.1) is 4.90 Å². The monoisotopic (exact) mass is 445 g/mol. The van der Waals surface area contributed by atoms with Crippen LogP contribution in [0.25, 0.3) is 0 Å². The first kappa shape index (κ1) is 20.3. The molecule has 0 saturated heterocycles. The van der Waals surface area contributed by atoms with Gasteiger partial charge in [-0.3, -0.25) is 4.79 Å². The van der Waals surface area contributed by atoms with Crippen molar-refractivity contribution >= 4 is 32.4 Å². The summed E-state index contributed by atoms with van der Waals surface area (Å²) in [4.78, 5) is 16.9. The summed E-state index contributed by atoms with van der Waals surface area (Å²) >= 11 is 1.25. The zero-order chi connectivity index (χ0) is 21.0. The van der Waals surface area contributed by atoms with E-state index >= 15 is 0 Å². The zero-order valence-corrected chi connectivity index (χ0v) is 17.4. The third-order valence-electron chi connectivity index (χ3n) is 4.38. The highest BCUT2D eigenvalue weighted by Crippen LogP contribution is 2.32. The molecule has 1 amide bonds. The van der Waals surface area contributed by atoms with Gasteiger partial charge in [0.15, 0.2) is 16.6 Å². The Balaban J connectivity index is 1.58. The molecule has 2 N–H and O–H groups in total. The topological polar surface area (TPSA) is 107 Å². The number of nitrogens with one attached hydrogen (secondary N) is 2. The molecule has 8 nitrogen and oxygen atoms in total. The van der Waals surface area contributed by atoms with Gasteiger partial charge in [-0.25, -0.2) is 13.4 Å². The molecule has 0 bridgehead atoms. The second-order valence-electron chi connectivity index (χ2n) is 6.50. The number of thiazole rings is 1. The summed E-state index contributed by atoms with van der Waals surface area (Å²) in [7, 11) is -4.00. The van der Waals surface area contributed by atoms with Gasteiger partial charge in [-0.05, 0) is 24.1 Å². The van der Waals surface area contributed by atoms with Gasteiger partial charge < -0.3 is 14.8 Å². The van der Waals surface area contributed by atoms with Crippen molar-refractivity contribution in [2.24, 2.45) is 0 Å². The first-order valence-electron chi connectivity index (χ1n) is 9.17. The molecule has 0 saturated carbocycles. The molecule has 3 aromatic rings. The van der Waals surface area contributed by atoms with Gasteiger partial charge >= 0.3 is 0 Å². The van der Waals surface area contributed by atoms with E-state index in [1.807, 2.05) is 30.3 Å². The van der Waals surface area contributed by atoms with Gasteiger partial charge in [0.25, 0.3) is 0 Å². The molecule has 1 aliphatic rings. The Morgan fingerprint density at radius 1 is 1.10 bits per heavy atom. The van der Waals surface area contributed by atoms with Gasteiger partial charge in [-0.15, -0.1) is 11.3 Å². The van der Waals surface area contributed by atoms with Crippen LogP contribution in [0, 0.1) is 0 Å². The number of ether oxygens (including phenoxy) is 2. The van der Waals surface area contributed by atoms with Crippen molar-refractivity contribution in [3.8, 4) is 11.5 Å². The van der Waals surface area contributed by atoms with E-state index in [0.717, 1.165) is 5.56 Å². The normalized spacial score (nSPS) is 14.1. The molecule has 1 atom stereocenters. The number of sulfonamides is 1. The molecule has 1 aliphatic heterocycles. The molecule has 1 aromatic heterocycles. The summed E-state index contributed by atoms with van der Waals surface area (Å²) in [5, 5.41) is 4.79. The average molecular weight is 446 g/mol. The molecule has 0 spiro atoms. The van der Waals surface area contributed by atoms with E-state index in [1.54, 1.807) is 17.6 Å².